The van der Waals surface area contributed by atoms with Crippen LogP contribution in [0.2, 0.25) is 0 Å². The molecule has 0 unspecified atom stereocenters. The van der Waals surface area contributed by atoms with Crippen molar-refractivity contribution in [1.29, 1.82) is 0 Å². The molecule has 1 spiro atoms. The van der Waals surface area contributed by atoms with Crippen molar-refractivity contribution in [2.45, 2.75) is 18.3 Å². The molecule has 9 rings (SSSR count). The fourth-order valence-electron chi connectivity index (χ4n) is 7.81. The molecular formula is C40H27N. The lowest BCUT2D eigenvalue weighted by molar-refractivity contribution is 0.564. The van der Waals surface area contributed by atoms with Gasteiger partial charge in [-0.1, -0.05) is 121 Å². The molecule has 0 saturated carbocycles. The van der Waals surface area contributed by atoms with E-state index in [0.29, 0.717) is 0 Å². The van der Waals surface area contributed by atoms with Gasteiger partial charge in [0.05, 0.1) is 5.52 Å². The van der Waals surface area contributed by atoms with E-state index in [9.17, 15) is 0 Å². The summed E-state index contributed by atoms with van der Waals surface area (Å²) in [4.78, 5) is 5.00. The second kappa shape index (κ2) is 8.49. The average Bonchev–Trinajstić information content (AvgIpc) is 3.56. The van der Waals surface area contributed by atoms with Crippen LogP contribution in [0.4, 0.5) is 0 Å². The first-order valence-electron chi connectivity index (χ1n) is 14.5. The van der Waals surface area contributed by atoms with Gasteiger partial charge in [-0.3, -0.25) is 4.98 Å². The van der Waals surface area contributed by atoms with Crippen molar-refractivity contribution in [3.63, 3.8) is 0 Å². The number of aromatic nitrogens is 1. The van der Waals surface area contributed by atoms with Crippen LogP contribution in [-0.2, 0) is 18.3 Å². The van der Waals surface area contributed by atoms with E-state index in [0.717, 1.165) is 18.4 Å². The number of benzene rings is 6. The summed E-state index contributed by atoms with van der Waals surface area (Å²) >= 11 is 0. The van der Waals surface area contributed by atoms with Gasteiger partial charge in [-0.25, -0.2) is 0 Å². The first-order chi connectivity index (χ1) is 20.3. The summed E-state index contributed by atoms with van der Waals surface area (Å²) in [6, 6.07) is 49.2. The van der Waals surface area contributed by atoms with Gasteiger partial charge < -0.3 is 0 Å². The highest BCUT2D eigenvalue weighted by Crippen LogP contribution is 2.56. The number of rotatable bonds is 2. The molecule has 1 nitrogen and oxygen atoms in total. The van der Waals surface area contributed by atoms with Gasteiger partial charge in [-0.05, 0) is 85.8 Å². The van der Waals surface area contributed by atoms with Gasteiger partial charge in [0, 0.05) is 22.6 Å². The van der Waals surface area contributed by atoms with Crippen molar-refractivity contribution >= 4 is 21.7 Å². The molecule has 0 radical (unpaired) electrons. The molecule has 0 bridgehead atoms. The number of fused-ring (bicyclic) bond motifs is 8. The molecule has 0 N–H and O–H groups in total. The van der Waals surface area contributed by atoms with E-state index in [1.807, 2.05) is 6.20 Å². The molecule has 192 valence electrons. The summed E-state index contributed by atoms with van der Waals surface area (Å²) < 4.78 is 0. The van der Waals surface area contributed by atoms with E-state index in [-0.39, 0.29) is 5.41 Å². The molecule has 0 atom stereocenters. The third-order valence-corrected chi connectivity index (χ3v) is 9.50. The predicted molar refractivity (Wildman–Crippen MR) is 170 cm³/mol. The molecule has 1 heterocycles. The Hall–Kier alpha value is -5.01. The Balaban J connectivity index is 1.34. The van der Waals surface area contributed by atoms with Crippen LogP contribution in [0.15, 0.2) is 140 Å². The van der Waals surface area contributed by atoms with Gasteiger partial charge in [-0.15, -0.1) is 0 Å². The van der Waals surface area contributed by atoms with Crippen LogP contribution in [-0.4, -0.2) is 4.98 Å². The Bertz CT molecular complexity index is 2070. The van der Waals surface area contributed by atoms with Crippen LogP contribution in [0.25, 0.3) is 55.1 Å². The van der Waals surface area contributed by atoms with E-state index < -0.39 is 0 Å². The smallest absolute Gasteiger partial charge is 0.0792 e. The first-order valence-corrected chi connectivity index (χ1v) is 14.5. The van der Waals surface area contributed by atoms with E-state index in [1.54, 1.807) is 0 Å². The van der Waals surface area contributed by atoms with Gasteiger partial charge in [-0.2, -0.15) is 0 Å². The van der Waals surface area contributed by atoms with Crippen molar-refractivity contribution < 1.29 is 0 Å². The zero-order valence-electron chi connectivity index (χ0n) is 22.6. The highest BCUT2D eigenvalue weighted by molar-refractivity contribution is 6.20. The van der Waals surface area contributed by atoms with E-state index in [4.69, 9.17) is 4.98 Å². The van der Waals surface area contributed by atoms with Gasteiger partial charge in [0.25, 0.3) is 0 Å². The van der Waals surface area contributed by atoms with Crippen molar-refractivity contribution in [1.82, 2.24) is 4.98 Å². The zero-order chi connectivity index (χ0) is 27.0. The molecular weight excluding hydrogens is 494 g/mol. The Labute approximate surface area is 239 Å². The Morgan fingerprint density at radius 3 is 1.90 bits per heavy atom. The Morgan fingerprint density at radius 1 is 0.463 bits per heavy atom. The fourth-order valence-corrected chi connectivity index (χ4v) is 7.81. The van der Waals surface area contributed by atoms with E-state index >= 15 is 0 Å². The SMILES string of the molecule is c1ccc(-c2c3ccccc3c(-c3ccc4c(c3)C3(Cc5ccccc5C3)c3ccccc3-4)c3cccnc23)cc1. The standard InChI is InChI=1S/C40H27N/c1-2-11-26(12-3-1)38-33-17-7-6-16-32(33)37(34-18-10-22-41-39(34)38)27-20-21-31-30-15-8-9-19-35(30)40(36(31)23-27)24-28-13-4-5-14-29(28)25-40/h1-23H,24-25H2. The number of hydrogen-bond donors (Lipinski definition) is 0. The molecule has 0 fully saturated rings. The summed E-state index contributed by atoms with van der Waals surface area (Å²) in [6.45, 7) is 0. The van der Waals surface area contributed by atoms with Gasteiger partial charge in [0.1, 0.15) is 0 Å². The molecule has 7 aromatic rings. The van der Waals surface area contributed by atoms with Crippen LogP contribution < -0.4 is 0 Å². The highest BCUT2D eigenvalue weighted by atomic mass is 14.7. The third kappa shape index (κ3) is 3.15. The van der Waals surface area contributed by atoms with Gasteiger partial charge >= 0.3 is 0 Å². The third-order valence-electron chi connectivity index (χ3n) is 9.50. The minimum absolute atomic E-state index is 0.0283. The van der Waals surface area contributed by atoms with E-state index in [1.165, 1.54) is 71.8 Å². The van der Waals surface area contributed by atoms with Crippen molar-refractivity contribution in [3.05, 3.63) is 162 Å². The number of pyridine rings is 1. The lowest BCUT2D eigenvalue weighted by Gasteiger charge is -2.27. The summed E-state index contributed by atoms with van der Waals surface area (Å²) in [5.41, 5.74) is 14.6. The minimum Gasteiger partial charge on any atom is -0.256 e. The molecule has 41 heavy (non-hydrogen) atoms. The summed E-state index contributed by atoms with van der Waals surface area (Å²) in [7, 11) is 0. The Kier molecular flexibility index (Phi) is 4.72. The molecule has 2 aliphatic rings. The van der Waals surface area contributed by atoms with Crippen molar-refractivity contribution in [2.24, 2.45) is 0 Å². The number of hydrogen-bond acceptors (Lipinski definition) is 1. The second-order valence-corrected chi connectivity index (χ2v) is 11.6. The maximum Gasteiger partial charge on any atom is 0.0792 e. The summed E-state index contributed by atoms with van der Waals surface area (Å²) in [6.07, 6.45) is 4.02. The fraction of sp³-hybridized carbons (Fsp3) is 0.0750. The maximum atomic E-state index is 5.00. The van der Waals surface area contributed by atoms with Crippen molar-refractivity contribution in [3.8, 4) is 33.4 Å². The van der Waals surface area contributed by atoms with Crippen LogP contribution in [0.1, 0.15) is 22.3 Å². The normalized spacial score (nSPS) is 14.3. The molecule has 2 aliphatic carbocycles. The highest BCUT2D eigenvalue weighted by Gasteiger charge is 2.47. The topological polar surface area (TPSA) is 12.9 Å². The lowest BCUT2D eigenvalue weighted by atomic mass is 9.75. The largest absolute Gasteiger partial charge is 0.256 e. The molecule has 0 saturated heterocycles. The zero-order valence-corrected chi connectivity index (χ0v) is 22.6. The number of nitrogens with zero attached hydrogens (tertiary/aromatic N) is 1. The van der Waals surface area contributed by atoms with E-state index in [2.05, 4.69) is 133 Å². The Morgan fingerprint density at radius 2 is 1.10 bits per heavy atom. The molecule has 0 amide bonds. The summed E-state index contributed by atoms with van der Waals surface area (Å²) in [5.74, 6) is 0. The van der Waals surface area contributed by atoms with Crippen LogP contribution in [0.5, 0.6) is 0 Å². The lowest BCUT2D eigenvalue weighted by Crippen LogP contribution is -2.25. The molecule has 6 aromatic carbocycles. The van der Waals surface area contributed by atoms with Crippen LogP contribution in [0.3, 0.4) is 0 Å². The summed E-state index contributed by atoms with van der Waals surface area (Å²) in [5, 5.41) is 3.71. The molecule has 1 aromatic heterocycles. The van der Waals surface area contributed by atoms with Crippen LogP contribution >= 0.6 is 0 Å². The van der Waals surface area contributed by atoms with Crippen LogP contribution in [0, 0.1) is 0 Å². The van der Waals surface area contributed by atoms with Gasteiger partial charge in [0.15, 0.2) is 0 Å². The maximum absolute atomic E-state index is 5.00. The van der Waals surface area contributed by atoms with Gasteiger partial charge in [0.2, 0.25) is 0 Å². The monoisotopic (exact) mass is 521 g/mol. The predicted octanol–water partition coefficient (Wildman–Crippen LogP) is 9.79. The molecule has 1 heteroatoms. The molecule has 0 aliphatic heterocycles. The minimum atomic E-state index is -0.0283. The van der Waals surface area contributed by atoms with Crippen molar-refractivity contribution in [2.75, 3.05) is 0 Å². The average molecular weight is 522 g/mol. The second-order valence-electron chi connectivity index (χ2n) is 11.6. The quantitative estimate of drug-likeness (QED) is 0.206. The first kappa shape index (κ1) is 22.8.